The second-order valence-corrected chi connectivity index (χ2v) is 7.05. The van der Waals surface area contributed by atoms with Gasteiger partial charge in [-0.1, -0.05) is 23.2 Å². The molecule has 1 fully saturated rings. The summed E-state index contributed by atoms with van der Waals surface area (Å²) < 4.78 is 0. The van der Waals surface area contributed by atoms with Crippen LogP contribution in [0.5, 0.6) is 0 Å². The fourth-order valence-corrected chi connectivity index (χ4v) is 3.95. The largest absolute Gasteiger partial charge is 0.322 e. The molecule has 2 aliphatic rings. The van der Waals surface area contributed by atoms with Crippen molar-refractivity contribution in [2.24, 2.45) is 0 Å². The van der Waals surface area contributed by atoms with Crippen LogP contribution in [-0.4, -0.2) is 26.9 Å². The van der Waals surface area contributed by atoms with E-state index in [1.165, 1.54) is 0 Å². The van der Waals surface area contributed by atoms with Crippen LogP contribution in [0.4, 0.5) is 10.5 Å². The number of benzene rings is 1. The van der Waals surface area contributed by atoms with Gasteiger partial charge in [0.25, 0.3) is 0 Å². The number of nitrogens with one attached hydrogen (secondary N) is 1. The number of halogens is 2. The molecule has 124 valence electrons. The van der Waals surface area contributed by atoms with Gasteiger partial charge in [0.1, 0.15) is 5.82 Å². The van der Waals surface area contributed by atoms with Crippen molar-refractivity contribution >= 4 is 34.9 Å². The maximum absolute atomic E-state index is 12.8. The van der Waals surface area contributed by atoms with Crippen molar-refractivity contribution in [2.45, 2.75) is 38.3 Å². The Morgan fingerprint density at radius 2 is 2.12 bits per heavy atom. The number of carbonyl (C=O) groups is 1. The summed E-state index contributed by atoms with van der Waals surface area (Å²) in [6.07, 6.45) is 4.57. The summed E-state index contributed by atoms with van der Waals surface area (Å²) in [5.41, 5.74) is 2.78. The minimum absolute atomic E-state index is 0.0436. The Hall–Kier alpha value is -1.85. The zero-order valence-corrected chi connectivity index (χ0v) is 14.6. The number of fused-ring (bicyclic) bond motifs is 4. The monoisotopic (exact) mass is 362 g/mol. The molecule has 2 bridgehead atoms. The number of carbonyl (C=O) groups excluding carboxylic acids is 1. The second kappa shape index (κ2) is 5.90. The molecule has 2 aromatic rings. The zero-order chi connectivity index (χ0) is 16.8. The van der Waals surface area contributed by atoms with Crippen molar-refractivity contribution in [3.8, 4) is 0 Å². The average Bonchev–Trinajstić information content (AvgIpc) is 2.86. The molecule has 3 heterocycles. The van der Waals surface area contributed by atoms with E-state index in [0.717, 1.165) is 36.3 Å². The maximum atomic E-state index is 12.8. The van der Waals surface area contributed by atoms with Gasteiger partial charge in [-0.25, -0.2) is 14.8 Å². The van der Waals surface area contributed by atoms with E-state index < -0.39 is 0 Å². The highest BCUT2D eigenvalue weighted by Gasteiger charge is 2.43. The number of rotatable bonds is 1. The van der Waals surface area contributed by atoms with E-state index in [2.05, 4.69) is 15.3 Å². The number of hydrogen-bond acceptors (Lipinski definition) is 3. The third-order valence-electron chi connectivity index (χ3n) is 4.72. The van der Waals surface area contributed by atoms with Crippen LogP contribution >= 0.6 is 23.2 Å². The van der Waals surface area contributed by atoms with Crippen LogP contribution in [0.2, 0.25) is 10.0 Å². The summed E-state index contributed by atoms with van der Waals surface area (Å²) in [4.78, 5) is 23.6. The van der Waals surface area contributed by atoms with Crippen molar-refractivity contribution < 1.29 is 4.79 Å². The molecule has 2 amide bonds. The van der Waals surface area contributed by atoms with Crippen molar-refractivity contribution in [2.75, 3.05) is 5.32 Å². The topological polar surface area (TPSA) is 58.1 Å². The third kappa shape index (κ3) is 2.62. The van der Waals surface area contributed by atoms with Crippen LogP contribution in [0.25, 0.3) is 0 Å². The summed E-state index contributed by atoms with van der Waals surface area (Å²) in [7, 11) is 0. The zero-order valence-electron chi connectivity index (χ0n) is 13.1. The number of aryl methyl sites for hydroxylation is 1. The third-order valence-corrected chi connectivity index (χ3v) is 5.46. The Labute approximate surface area is 150 Å². The van der Waals surface area contributed by atoms with Crippen molar-refractivity contribution in [1.29, 1.82) is 0 Å². The summed E-state index contributed by atoms with van der Waals surface area (Å²) in [5, 5.41) is 3.81. The molecule has 1 aromatic heterocycles. The number of amides is 2. The fourth-order valence-electron chi connectivity index (χ4n) is 3.65. The number of aromatic nitrogens is 2. The van der Waals surface area contributed by atoms with E-state index in [4.69, 9.17) is 23.2 Å². The molecule has 1 saturated heterocycles. The van der Waals surface area contributed by atoms with Gasteiger partial charge in [-0.3, -0.25) is 0 Å². The van der Waals surface area contributed by atoms with Crippen molar-refractivity contribution in [3.05, 3.63) is 51.5 Å². The van der Waals surface area contributed by atoms with Gasteiger partial charge in [0.15, 0.2) is 0 Å². The molecule has 1 aromatic carbocycles. The smallest absolute Gasteiger partial charge is 0.314 e. The molecule has 5 nitrogen and oxygen atoms in total. The van der Waals surface area contributed by atoms with Gasteiger partial charge >= 0.3 is 6.03 Å². The Morgan fingerprint density at radius 3 is 2.92 bits per heavy atom. The maximum Gasteiger partial charge on any atom is 0.322 e. The van der Waals surface area contributed by atoms with Crippen LogP contribution in [0.1, 0.15) is 36.0 Å². The fraction of sp³-hybridized carbons (Fsp3) is 0.353. The summed E-state index contributed by atoms with van der Waals surface area (Å²) in [5.74, 6) is 0.779. The first-order valence-corrected chi connectivity index (χ1v) is 8.65. The van der Waals surface area contributed by atoms with Gasteiger partial charge in [0, 0.05) is 29.9 Å². The van der Waals surface area contributed by atoms with Crippen LogP contribution in [0, 0.1) is 6.92 Å². The molecule has 24 heavy (non-hydrogen) atoms. The number of anilines is 1. The summed E-state index contributed by atoms with van der Waals surface area (Å²) in [6.45, 7) is 1.89. The Kier molecular flexibility index (Phi) is 3.85. The van der Waals surface area contributed by atoms with E-state index in [9.17, 15) is 4.79 Å². The first kappa shape index (κ1) is 15.7. The van der Waals surface area contributed by atoms with E-state index in [1.54, 1.807) is 18.2 Å². The number of nitrogens with zero attached hydrogens (tertiary/aromatic N) is 3. The van der Waals surface area contributed by atoms with Crippen LogP contribution < -0.4 is 5.32 Å². The lowest BCUT2D eigenvalue weighted by molar-refractivity contribution is 0.178. The average molecular weight is 363 g/mol. The molecular weight excluding hydrogens is 347 g/mol. The van der Waals surface area contributed by atoms with Gasteiger partial charge in [0.05, 0.1) is 21.8 Å². The highest BCUT2D eigenvalue weighted by Crippen LogP contribution is 2.43. The minimum Gasteiger partial charge on any atom is -0.314 e. The van der Waals surface area contributed by atoms with Crippen LogP contribution in [0.3, 0.4) is 0 Å². The number of hydrogen-bond donors (Lipinski definition) is 1. The van der Waals surface area contributed by atoms with Crippen LogP contribution in [-0.2, 0) is 6.42 Å². The SMILES string of the molecule is Cc1ncc2c(n1)C[C@H]1CC[C@@H]2N1C(=O)Nc1ccc(Cl)c(Cl)c1. The molecule has 2 aliphatic heterocycles. The number of urea groups is 1. The minimum atomic E-state index is -0.118. The van der Waals surface area contributed by atoms with Crippen LogP contribution in [0.15, 0.2) is 24.4 Å². The molecule has 7 heteroatoms. The molecule has 0 aliphatic carbocycles. The van der Waals surface area contributed by atoms with Crippen molar-refractivity contribution in [1.82, 2.24) is 14.9 Å². The first-order chi connectivity index (χ1) is 11.5. The standard InChI is InChI=1S/C17H16Cl2N4O/c1-9-20-8-12-15(21-9)7-11-3-5-16(12)23(11)17(24)22-10-2-4-13(18)14(19)6-10/h2,4,6,8,11,16H,3,5,7H2,1H3,(H,22,24)/t11-,16+/m1/s1. The summed E-state index contributed by atoms with van der Waals surface area (Å²) in [6, 6.07) is 5.19. The van der Waals surface area contributed by atoms with E-state index in [0.29, 0.717) is 15.7 Å². The lowest BCUT2D eigenvalue weighted by Gasteiger charge is -2.35. The van der Waals surface area contributed by atoms with Gasteiger partial charge in [-0.05, 0) is 38.0 Å². The second-order valence-electron chi connectivity index (χ2n) is 6.24. The van der Waals surface area contributed by atoms with Gasteiger partial charge in [-0.2, -0.15) is 0 Å². The van der Waals surface area contributed by atoms with Gasteiger partial charge in [-0.15, -0.1) is 0 Å². The predicted octanol–water partition coefficient (Wildman–Crippen LogP) is 4.39. The van der Waals surface area contributed by atoms with E-state index >= 15 is 0 Å². The van der Waals surface area contributed by atoms with Gasteiger partial charge in [0.2, 0.25) is 0 Å². The Balaban J connectivity index is 1.59. The molecule has 4 rings (SSSR count). The molecule has 0 radical (unpaired) electrons. The molecule has 2 atom stereocenters. The molecule has 0 unspecified atom stereocenters. The van der Waals surface area contributed by atoms with E-state index in [-0.39, 0.29) is 18.1 Å². The predicted molar refractivity (Wildman–Crippen MR) is 93.6 cm³/mol. The Morgan fingerprint density at radius 1 is 1.29 bits per heavy atom. The highest BCUT2D eigenvalue weighted by atomic mass is 35.5. The van der Waals surface area contributed by atoms with Gasteiger partial charge < -0.3 is 10.2 Å². The lowest BCUT2D eigenvalue weighted by atomic mass is 9.99. The van der Waals surface area contributed by atoms with E-state index in [1.807, 2.05) is 18.0 Å². The van der Waals surface area contributed by atoms with Crippen molar-refractivity contribution in [3.63, 3.8) is 0 Å². The summed E-state index contributed by atoms with van der Waals surface area (Å²) >= 11 is 11.9. The first-order valence-electron chi connectivity index (χ1n) is 7.89. The lowest BCUT2D eigenvalue weighted by Crippen LogP contribution is -2.44. The molecule has 1 N–H and O–H groups in total. The molecular formula is C17H16Cl2N4O. The molecule has 0 spiro atoms. The normalized spacial score (nSPS) is 21.5. The Bertz CT molecular complexity index is 826. The highest BCUT2D eigenvalue weighted by molar-refractivity contribution is 6.42. The molecule has 0 saturated carbocycles. The quantitative estimate of drug-likeness (QED) is 0.818.